The lowest BCUT2D eigenvalue weighted by molar-refractivity contribution is -0.123. The molecule has 3 aromatic rings. The summed E-state index contributed by atoms with van der Waals surface area (Å²) in [5.41, 5.74) is 2.67. The molecule has 0 aliphatic heterocycles. The van der Waals surface area contributed by atoms with E-state index in [9.17, 15) is 19.2 Å². The molecule has 0 aliphatic rings. The normalized spacial score (nSPS) is 12.3. The average molecular weight is 551 g/mol. The van der Waals surface area contributed by atoms with Gasteiger partial charge in [-0.15, -0.1) is 0 Å². The first-order chi connectivity index (χ1) is 18.9. The van der Waals surface area contributed by atoms with Gasteiger partial charge in [0.25, 0.3) is 5.56 Å². The number of hydrogen-bond donors (Lipinski definition) is 3. The van der Waals surface area contributed by atoms with E-state index in [4.69, 9.17) is 0 Å². The molecule has 0 aliphatic carbocycles. The number of alkyl carbamates (subject to hydrolysis) is 1. The first kappa shape index (κ1) is 30.1. The topological polar surface area (TPSA) is 138 Å². The summed E-state index contributed by atoms with van der Waals surface area (Å²) in [6, 6.07) is 8.15. The van der Waals surface area contributed by atoms with Gasteiger partial charge in [-0.05, 0) is 54.5 Å². The number of rotatable bonds is 10. The van der Waals surface area contributed by atoms with Crippen molar-refractivity contribution in [3.63, 3.8) is 0 Å². The summed E-state index contributed by atoms with van der Waals surface area (Å²) < 4.78 is 6.09. The summed E-state index contributed by atoms with van der Waals surface area (Å²) >= 11 is 0. The molecule has 3 amide bonds. The van der Waals surface area contributed by atoms with Crippen LogP contribution in [0.5, 0.6) is 0 Å². The highest BCUT2D eigenvalue weighted by atomic mass is 16.5. The third-order valence-corrected chi connectivity index (χ3v) is 6.09. The van der Waals surface area contributed by atoms with Crippen molar-refractivity contribution in [2.75, 3.05) is 26.5 Å². The molecule has 40 heavy (non-hydrogen) atoms. The highest BCUT2D eigenvalue weighted by molar-refractivity contribution is 5.96. The second-order valence-electron chi connectivity index (χ2n) is 11.0. The van der Waals surface area contributed by atoms with Crippen molar-refractivity contribution in [2.45, 2.75) is 52.6 Å². The number of nitrogens with zero attached hydrogens (tertiary/aromatic N) is 3. The monoisotopic (exact) mass is 550 g/mol. The van der Waals surface area contributed by atoms with Crippen LogP contribution in [0, 0.1) is 5.41 Å². The Balaban J connectivity index is 1.76. The third-order valence-electron chi connectivity index (χ3n) is 6.09. The number of aromatic amines is 1. The second kappa shape index (κ2) is 13.1. The smallest absolute Gasteiger partial charge is 0.407 e. The number of nitrogens with one attached hydrogen (secondary N) is 3. The summed E-state index contributed by atoms with van der Waals surface area (Å²) in [6.45, 7) is 6.71. The van der Waals surface area contributed by atoms with Crippen LogP contribution in [0.2, 0.25) is 0 Å². The van der Waals surface area contributed by atoms with Gasteiger partial charge in [0.15, 0.2) is 0 Å². The van der Waals surface area contributed by atoms with Gasteiger partial charge < -0.3 is 29.8 Å². The maximum absolute atomic E-state index is 13.2. The van der Waals surface area contributed by atoms with Gasteiger partial charge in [0.05, 0.1) is 24.7 Å². The highest BCUT2D eigenvalue weighted by Crippen LogP contribution is 2.25. The Bertz CT molecular complexity index is 1450. The number of H-pyrrole nitrogens is 1. The van der Waals surface area contributed by atoms with Crippen molar-refractivity contribution < 1.29 is 19.1 Å². The fraction of sp³-hybridized carbons (Fsp3) is 0.414. The molecular formula is C29H38N6O5. The summed E-state index contributed by atoms with van der Waals surface area (Å²) in [4.78, 5) is 59.3. The SMILES string of the molecule is COC(=O)NC(CC/C=C/C(=O)N(C)C)C(=O)Nc1cccn(Cc2nc3cccc(CC(C)(C)C)c3[nH]2)c1=O. The van der Waals surface area contributed by atoms with Gasteiger partial charge in [0.1, 0.15) is 17.6 Å². The maximum Gasteiger partial charge on any atom is 0.407 e. The summed E-state index contributed by atoms with van der Waals surface area (Å²) in [7, 11) is 4.46. The van der Waals surface area contributed by atoms with Crippen LogP contribution >= 0.6 is 0 Å². The Hall–Kier alpha value is -4.41. The van der Waals surface area contributed by atoms with E-state index < -0.39 is 23.6 Å². The Morgan fingerprint density at radius 3 is 2.60 bits per heavy atom. The molecule has 2 heterocycles. The molecule has 0 bridgehead atoms. The Morgan fingerprint density at radius 1 is 1.18 bits per heavy atom. The minimum Gasteiger partial charge on any atom is -0.453 e. The largest absolute Gasteiger partial charge is 0.453 e. The zero-order valence-electron chi connectivity index (χ0n) is 23.9. The molecule has 214 valence electrons. The molecule has 11 heteroatoms. The number of allylic oxidation sites excluding steroid dienone is 1. The zero-order chi connectivity index (χ0) is 29.4. The van der Waals surface area contributed by atoms with Crippen molar-refractivity contribution in [3.8, 4) is 0 Å². The number of likely N-dealkylation sites (N-methyl/N-ethyl adjacent to an activating group) is 1. The minimum atomic E-state index is -0.990. The van der Waals surface area contributed by atoms with E-state index in [-0.39, 0.29) is 30.0 Å². The number of para-hydroxylation sites is 1. The third kappa shape index (κ3) is 8.29. The number of benzene rings is 1. The molecule has 1 unspecified atom stereocenters. The van der Waals surface area contributed by atoms with Crippen molar-refractivity contribution in [3.05, 3.63) is 70.4 Å². The molecule has 0 fully saturated rings. The van der Waals surface area contributed by atoms with Crippen LogP contribution in [-0.2, 0) is 27.3 Å². The van der Waals surface area contributed by atoms with Crippen LogP contribution in [0.3, 0.4) is 0 Å². The standard InChI is InChI=1S/C29H38N6O5/c1-29(2,3)17-19-11-9-13-20-25(19)33-23(30-20)18-35-16-10-14-22(27(35)38)31-26(37)21(32-28(39)40-6)12-7-8-15-24(36)34(4)5/h8-11,13-16,21H,7,12,17-18H2,1-6H3,(H,30,33)(H,31,37)(H,32,39)/b15-8+. The van der Waals surface area contributed by atoms with Gasteiger partial charge in [-0.3, -0.25) is 14.4 Å². The molecule has 1 aromatic carbocycles. The molecule has 0 spiro atoms. The molecule has 0 saturated carbocycles. The molecule has 11 nitrogen and oxygen atoms in total. The van der Waals surface area contributed by atoms with Gasteiger partial charge in [0.2, 0.25) is 11.8 Å². The fourth-order valence-corrected chi connectivity index (χ4v) is 4.14. The molecule has 2 aromatic heterocycles. The highest BCUT2D eigenvalue weighted by Gasteiger charge is 2.22. The first-order valence-corrected chi connectivity index (χ1v) is 13.1. The van der Waals surface area contributed by atoms with E-state index in [0.29, 0.717) is 12.2 Å². The number of pyridine rings is 1. The van der Waals surface area contributed by atoms with Crippen molar-refractivity contribution in [2.24, 2.45) is 5.41 Å². The number of methoxy groups -OCH3 is 1. The van der Waals surface area contributed by atoms with Crippen LogP contribution in [-0.4, -0.2) is 64.6 Å². The Labute approximate surface area is 233 Å². The molecule has 3 N–H and O–H groups in total. The second-order valence-corrected chi connectivity index (χ2v) is 11.0. The number of fused-ring (bicyclic) bond motifs is 1. The van der Waals surface area contributed by atoms with E-state index in [2.05, 4.69) is 52.2 Å². The van der Waals surface area contributed by atoms with E-state index in [1.807, 2.05) is 12.1 Å². The first-order valence-electron chi connectivity index (χ1n) is 13.1. The Morgan fingerprint density at radius 2 is 1.93 bits per heavy atom. The quantitative estimate of drug-likeness (QED) is 0.331. The maximum atomic E-state index is 13.2. The number of amides is 3. The van der Waals surface area contributed by atoms with Crippen LogP contribution in [0.15, 0.2) is 53.5 Å². The van der Waals surface area contributed by atoms with Crippen molar-refractivity contribution >= 4 is 34.6 Å². The van der Waals surface area contributed by atoms with Crippen LogP contribution in [0.4, 0.5) is 10.5 Å². The molecule has 0 radical (unpaired) electrons. The van der Waals surface area contributed by atoms with Gasteiger partial charge in [-0.25, -0.2) is 9.78 Å². The van der Waals surface area contributed by atoms with Crippen LogP contribution in [0.1, 0.15) is 45.0 Å². The van der Waals surface area contributed by atoms with Gasteiger partial charge in [-0.1, -0.05) is 39.0 Å². The molecule has 3 rings (SSSR count). The predicted octanol–water partition coefficient (Wildman–Crippen LogP) is 3.45. The van der Waals surface area contributed by atoms with Crippen LogP contribution in [0.25, 0.3) is 11.0 Å². The predicted molar refractivity (Wildman–Crippen MR) is 154 cm³/mol. The number of hydrogen-bond acceptors (Lipinski definition) is 6. The number of anilines is 1. The van der Waals surface area contributed by atoms with Crippen molar-refractivity contribution in [1.82, 2.24) is 24.8 Å². The number of carbonyl (C=O) groups is 3. The molecular weight excluding hydrogens is 512 g/mol. The lowest BCUT2D eigenvalue weighted by atomic mass is 9.88. The van der Waals surface area contributed by atoms with Crippen molar-refractivity contribution in [1.29, 1.82) is 0 Å². The average Bonchev–Trinajstić information content (AvgIpc) is 3.30. The van der Waals surface area contributed by atoms with Crippen LogP contribution < -0.4 is 16.2 Å². The van der Waals surface area contributed by atoms with E-state index in [0.717, 1.165) is 23.0 Å². The Kier molecular flexibility index (Phi) is 9.87. The summed E-state index contributed by atoms with van der Waals surface area (Å²) in [6.07, 6.45) is 5.26. The summed E-state index contributed by atoms with van der Waals surface area (Å²) in [5, 5.41) is 5.10. The number of ether oxygens (including phenoxy) is 1. The van der Waals surface area contributed by atoms with E-state index in [1.54, 1.807) is 32.4 Å². The zero-order valence-corrected chi connectivity index (χ0v) is 23.9. The lowest BCUT2D eigenvalue weighted by Gasteiger charge is -2.18. The van der Waals surface area contributed by atoms with Gasteiger partial charge in [-0.2, -0.15) is 0 Å². The van der Waals surface area contributed by atoms with Gasteiger partial charge in [0, 0.05) is 20.3 Å². The molecule has 0 saturated heterocycles. The minimum absolute atomic E-state index is 0.0621. The molecule has 1 atom stereocenters. The summed E-state index contributed by atoms with van der Waals surface area (Å²) in [5.74, 6) is -0.156. The van der Waals surface area contributed by atoms with Gasteiger partial charge >= 0.3 is 6.09 Å². The van der Waals surface area contributed by atoms with E-state index in [1.165, 1.54) is 28.7 Å². The number of imidazole rings is 1. The fourth-order valence-electron chi connectivity index (χ4n) is 4.14. The van der Waals surface area contributed by atoms with E-state index >= 15 is 0 Å². The number of aromatic nitrogens is 3. The lowest BCUT2D eigenvalue weighted by Crippen LogP contribution is -2.44. The number of carbonyl (C=O) groups excluding carboxylic acids is 3.